The van der Waals surface area contributed by atoms with Crippen LogP contribution in [-0.4, -0.2) is 77.3 Å². The van der Waals surface area contributed by atoms with Gasteiger partial charge in [0.2, 0.25) is 17.7 Å². The van der Waals surface area contributed by atoms with E-state index in [2.05, 4.69) is 0 Å². The molecule has 1 aromatic rings. The van der Waals surface area contributed by atoms with Gasteiger partial charge in [-0.2, -0.15) is 13.2 Å². The number of carbonyl (C=O) groups excluding carboxylic acids is 4. The van der Waals surface area contributed by atoms with Gasteiger partial charge in [-0.05, 0) is 31.4 Å². The number of carbonyl (C=O) groups is 4. The van der Waals surface area contributed by atoms with E-state index in [4.69, 9.17) is 4.74 Å². The lowest BCUT2D eigenvalue weighted by molar-refractivity contribution is -0.144. The minimum Gasteiger partial charge on any atom is -0.450 e. The molecule has 0 bridgehead atoms. The first-order valence-corrected chi connectivity index (χ1v) is 11.3. The topological polar surface area (TPSA) is 87.2 Å². The van der Waals surface area contributed by atoms with E-state index in [1.54, 1.807) is 6.92 Å². The lowest BCUT2D eigenvalue weighted by Crippen LogP contribution is -2.52. The van der Waals surface area contributed by atoms with Gasteiger partial charge in [0.05, 0.1) is 17.6 Å². The van der Waals surface area contributed by atoms with Crippen LogP contribution in [0.4, 0.5) is 18.0 Å². The first kappa shape index (κ1) is 24.0. The maximum absolute atomic E-state index is 13.5. The maximum Gasteiger partial charge on any atom is 0.416 e. The number of hydrogen-bond donors (Lipinski definition) is 0. The fraction of sp³-hybridized carbons (Fsp3) is 0.565. The van der Waals surface area contributed by atoms with Gasteiger partial charge in [0.1, 0.15) is 0 Å². The summed E-state index contributed by atoms with van der Waals surface area (Å²) in [5, 5.41) is 0. The molecule has 0 radical (unpaired) electrons. The van der Waals surface area contributed by atoms with Crippen molar-refractivity contribution in [2.45, 2.75) is 50.2 Å². The van der Waals surface area contributed by atoms with Crippen LogP contribution in [0.3, 0.4) is 0 Å². The lowest BCUT2D eigenvalue weighted by atomic mass is 9.75. The van der Waals surface area contributed by atoms with Gasteiger partial charge in [-0.3, -0.25) is 19.3 Å². The number of ether oxygens (including phenoxy) is 1. The quantitative estimate of drug-likeness (QED) is 0.604. The van der Waals surface area contributed by atoms with E-state index in [9.17, 15) is 32.3 Å². The van der Waals surface area contributed by atoms with Crippen molar-refractivity contribution in [3.05, 3.63) is 35.4 Å². The molecule has 1 atom stereocenters. The Kier molecular flexibility index (Phi) is 6.30. The molecular weight excluding hydrogens is 455 g/mol. The zero-order valence-corrected chi connectivity index (χ0v) is 18.8. The number of nitrogens with zero attached hydrogens (tertiary/aromatic N) is 3. The van der Waals surface area contributed by atoms with E-state index in [-0.39, 0.29) is 50.8 Å². The van der Waals surface area contributed by atoms with Crippen molar-refractivity contribution in [1.82, 2.24) is 14.7 Å². The number of imide groups is 1. The third kappa shape index (κ3) is 4.47. The van der Waals surface area contributed by atoms with Crippen molar-refractivity contribution in [3.63, 3.8) is 0 Å². The minimum atomic E-state index is -4.63. The number of likely N-dealkylation sites (tertiary alicyclic amines) is 1. The van der Waals surface area contributed by atoms with E-state index in [0.29, 0.717) is 12.8 Å². The molecule has 1 saturated carbocycles. The highest BCUT2D eigenvalue weighted by Gasteiger charge is 2.57. The van der Waals surface area contributed by atoms with Crippen LogP contribution in [0.5, 0.6) is 0 Å². The molecule has 0 N–H and O–H groups in total. The summed E-state index contributed by atoms with van der Waals surface area (Å²) in [5.74, 6) is -1.53. The lowest BCUT2D eigenvalue weighted by Gasteiger charge is -2.36. The molecule has 3 aliphatic rings. The summed E-state index contributed by atoms with van der Waals surface area (Å²) in [6, 6.07) is 4.08. The summed E-state index contributed by atoms with van der Waals surface area (Å²) < 4.78 is 45.2. The van der Waals surface area contributed by atoms with Crippen LogP contribution in [0.15, 0.2) is 24.3 Å². The average molecular weight is 481 g/mol. The first-order chi connectivity index (χ1) is 16.1. The van der Waals surface area contributed by atoms with E-state index in [1.165, 1.54) is 21.9 Å². The molecule has 184 valence electrons. The number of halogens is 3. The van der Waals surface area contributed by atoms with Crippen molar-refractivity contribution in [1.29, 1.82) is 0 Å². The number of alkyl halides is 3. The van der Waals surface area contributed by atoms with Crippen molar-refractivity contribution in [2.24, 2.45) is 0 Å². The van der Waals surface area contributed by atoms with Gasteiger partial charge in [0.25, 0.3) is 0 Å². The Labute approximate surface area is 194 Å². The third-order valence-corrected chi connectivity index (χ3v) is 6.62. The molecule has 1 aromatic carbocycles. The van der Waals surface area contributed by atoms with Crippen LogP contribution in [-0.2, 0) is 30.7 Å². The van der Waals surface area contributed by atoms with Crippen LogP contribution in [0.25, 0.3) is 0 Å². The van der Waals surface area contributed by atoms with Crippen LogP contribution >= 0.6 is 0 Å². The molecule has 4 rings (SSSR count). The summed E-state index contributed by atoms with van der Waals surface area (Å²) in [4.78, 5) is 55.5. The Morgan fingerprint density at radius 3 is 2.32 bits per heavy atom. The standard InChI is InChI=1S/C23H26F3N3O5/c1-2-34-21(33)28-10-8-27(9-11-28)18(30)13-22(14-19(31)29(20(22)32)17-6-7-17)15-4-3-5-16(12-15)23(24,25)26/h3-5,12,17H,2,6-11,13-14H2,1H3/t22-/m0/s1. The highest BCUT2D eigenvalue weighted by atomic mass is 19.4. The van der Waals surface area contributed by atoms with Crippen molar-refractivity contribution in [2.75, 3.05) is 32.8 Å². The molecule has 1 aliphatic carbocycles. The molecule has 11 heteroatoms. The summed E-state index contributed by atoms with van der Waals surface area (Å²) in [6.07, 6.45) is -4.57. The monoisotopic (exact) mass is 481 g/mol. The molecule has 2 heterocycles. The number of rotatable bonds is 5. The van der Waals surface area contributed by atoms with Crippen molar-refractivity contribution < 1.29 is 37.1 Å². The van der Waals surface area contributed by atoms with Gasteiger partial charge in [-0.15, -0.1) is 0 Å². The summed E-state index contributed by atoms with van der Waals surface area (Å²) in [7, 11) is 0. The highest BCUT2D eigenvalue weighted by molar-refractivity contribution is 6.11. The molecule has 2 saturated heterocycles. The second-order valence-corrected chi connectivity index (χ2v) is 8.88. The number of amides is 4. The Balaban J connectivity index is 1.59. The molecule has 0 unspecified atom stereocenters. The van der Waals surface area contributed by atoms with Crippen LogP contribution in [0, 0.1) is 0 Å². The Morgan fingerprint density at radius 1 is 1.09 bits per heavy atom. The van der Waals surface area contributed by atoms with Crippen LogP contribution in [0.1, 0.15) is 43.7 Å². The normalized spacial score (nSPS) is 23.5. The van der Waals surface area contributed by atoms with E-state index in [1.807, 2.05) is 0 Å². The van der Waals surface area contributed by atoms with Gasteiger partial charge < -0.3 is 14.5 Å². The molecule has 8 nitrogen and oxygen atoms in total. The third-order valence-electron chi connectivity index (χ3n) is 6.62. The van der Waals surface area contributed by atoms with Crippen LogP contribution in [0.2, 0.25) is 0 Å². The van der Waals surface area contributed by atoms with Gasteiger partial charge in [-0.25, -0.2) is 4.79 Å². The smallest absolute Gasteiger partial charge is 0.416 e. The van der Waals surface area contributed by atoms with Gasteiger partial charge in [-0.1, -0.05) is 18.2 Å². The summed E-state index contributed by atoms with van der Waals surface area (Å²) >= 11 is 0. The Hall–Kier alpha value is -3.11. The molecule has 34 heavy (non-hydrogen) atoms. The van der Waals surface area contributed by atoms with Crippen molar-refractivity contribution in [3.8, 4) is 0 Å². The zero-order valence-electron chi connectivity index (χ0n) is 18.8. The maximum atomic E-state index is 13.5. The van der Waals surface area contributed by atoms with E-state index in [0.717, 1.165) is 17.0 Å². The number of piperazine rings is 1. The predicted molar refractivity (Wildman–Crippen MR) is 112 cm³/mol. The number of hydrogen-bond acceptors (Lipinski definition) is 5. The molecule has 4 amide bonds. The van der Waals surface area contributed by atoms with Gasteiger partial charge >= 0.3 is 12.3 Å². The molecule has 0 spiro atoms. The van der Waals surface area contributed by atoms with E-state index >= 15 is 0 Å². The fourth-order valence-electron chi connectivity index (χ4n) is 4.65. The second-order valence-electron chi connectivity index (χ2n) is 8.88. The fourth-order valence-corrected chi connectivity index (χ4v) is 4.65. The van der Waals surface area contributed by atoms with Crippen molar-refractivity contribution >= 4 is 23.8 Å². The van der Waals surface area contributed by atoms with Crippen LogP contribution < -0.4 is 0 Å². The Morgan fingerprint density at radius 2 is 1.74 bits per heavy atom. The minimum absolute atomic E-state index is 0.0161. The van der Waals surface area contributed by atoms with Gasteiger partial charge in [0.15, 0.2) is 0 Å². The van der Waals surface area contributed by atoms with E-state index < -0.39 is 47.4 Å². The second kappa shape index (κ2) is 8.92. The highest BCUT2D eigenvalue weighted by Crippen LogP contribution is 2.45. The zero-order chi connectivity index (χ0) is 24.7. The largest absolute Gasteiger partial charge is 0.450 e. The average Bonchev–Trinajstić information content (AvgIpc) is 3.59. The Bertz CT molecular complexity index is 1000. The predicted octanol–water partition coefficient (Wildman–Crippen LogP) is 2.56. The molecular formula is C23H26F3N3O5. The summed E-state index contributed by atoms with van der Waals surface area (Å²) in [5.41, 5.74) is -2.61. The molecule has 3 fully saturated rings. The summed E-state index contributed by atoms with van der Waals surface area (Å²) in [6.45, 7) is 2.79. The van der Waals surface area contributed by atoms with Gasteiger partial charge in [0, 0.05) is 45.1 Å². The SMILES string of the molecule is CCOC(=O)N1CCN(C(=O)C[C@@]2(c3cccc(C(F)(F)F)c3)CC(=O)N(C3CC3)C2=O)CC1. The number of benzene rings is 1. The molecule has 2 aliphatic heterocycles. The first-order valence-electron chi connectivity index (χ1n) is 11.3. The molecule has 0 aromatic heterocycles.